The zero-order valence-corrected chi connectivity index (χ0v) is 10.9. The summed E-state index contributed by atoms with van der Waals surface area (Å²) in [7, 11) is 0. The summed E-state index contributed by atoms with van der Waals surface area (Å²) in [5.74, 6) is 0.107. The molecule has 0 N–H and O–H groups in total. The van der Waals surface area contributed by atoms with E-state index in [0.29, 0.717) is 17.6 Å². The summed E-state index contributed by atoms with van der Waals surface area (Å²) in [6.45, 7) is 0. The molecule has 88 valence electrons. The number of hydrogen-bond acceptors (Lipinski definition) is 2. The van der Waals surface area contributed by atoms with Gasteiger partial charge in [0.15, 0.2) is 0 Å². The van der Waals surface area contributed by atoms with Crippen molar-refractivity contribution in [1.82, 2.24) is 9.88 Å². The summed E-state index contributed by atoms with van der Waals surface area (Å²) < 4.78 is 0.850. The molecule has 17 heavy (non-hydrogen) atoms. The number of amides is 1. The number of rotatable bonds is 1. The molecule has 1 saturated heterocycles. The van der Waals surface area contributed by atoms with E-state index in [1.807, 2.05) is 11.0 Å². The molecule has 0 aliphatic carbocycles. The Labute approximate surface area is 109 Å². The van der Waals surface area contributed by atoms with Crippen molar-refractivity contribution in [2.45, 2.75) is 31.3 Å². The van der Waals surface area contributed by atoms with Crippen LogP contribution in [0.1, 0.15) is 29.6 Å². The summed E-state index contributed by atoms with van der Waals surface area (Å²) in [6, 6.07) is 2.52. The summed E-state index contributed by atoms with van der Waals surface area (Å²) in [4.78, 5) is 18.5. The van der Waals surface area contributed by atoms with Gasteiger partial charge in [0.2, 0.25) is 0 Å². The van der Waals surface area contributed by atoms with Crippen LogP contribution in [0.4, 0.5) is 0 Å². The number of carbonyl (C=O) groups is 1. The largest absolute Gasteiger partial charge is 0.329 e. The van der Waals surface area contributed by atoms with Gasteiger partial charge in [-0.05, 0) is 41.3 Å². The average Bonchev–Trinajstić information content (AvgIpc) is 2.58. The van der Waals surface area contributed by atoms with Crippen LogP contribution >= 0.6 is 15.9 Å². The Morgan fingerprint density at radius 1 is 1.41 bits per heavy atom. The number of carbonyl (C=O) groups excluding carboxylic acids is 1. The number of fused-ring (bicyclic) bond motifs is 2. The molecule has 2 unspecified atom stereocenters. The molecular weight excluding hydrogens is 280 g/mol. The number of nitrogens with zero attached hydrogens (tertiary/aromatic N) is 2. The van der Waals surface area contributed by atoms with E-state index in [9.17, 15) is 4.79 Å². The normalized spacial score (nSPS) is 26.3. The maximum atomic E-state index is 12.4. The van der Waals surface area contributed by atoms with E-state index in [-0.39, 0.29) is 5.91 Å². The van der Waals surface area contributed by atoms with Gasteiger partial charge in [-0.15, -0.1) is 0 Å². The van der Waals surface area contributed by atoms with Crippen LogP contribution in [-0.2, 0) is 0 Å². The van der Waals surface area contributed by atoms with E-state index in [1.165, 1.54) is 0 Å². The molecule has 2 bridgehead atoms. The van der Waals surface area contributed by atoms with Crippen molar-refractivity contribution in [3.8, 4) is 0 Å². The first-order valence-electron chi connectivity index (χ1n) is 5.85. The van der Waals surface area contributed by atoms with Crippen LogP contribution < -0.4 is 0 Å². The Morgan fingerprint density at radius 3 is 3.06 bits per heavy atom. The highest BCUT2D eigenvalue weighted by Gasteiger charge is 2.37. The van der Waals surface area contributed by atoms with E-state index in [1.54, 1.807) is 12.4 Å². The predicted molar refractivity (Wildman–Crippen MR) is 68.7 cm³/mol. The topological polar surface area (TPSA) is 33.2 Å². The highest BCUT2D eigenvalue weighted by atomic mass is 79.9. The Morgan fingerprint density at radius 2 is 2.29 bits per heavy atom. The fourth-order valence-electron chi connectivity index (χ4n) is 2.72. The fourth-order valence-corrected chi connectivity index (χ4v) is 3.08. The Bertz CT molecular complexity index is 486. The monoisotopic (exact) mass is 292 g/mol. The molecule has 4 heteroatoms. The SMILES string of the molecule is O=C(c1cncc(Br)c1)N1C2C=CCC1CC2. The standard InChI is InChI=1S/C13H13BrN2O/c14-10-6-9(7-15-8-10)13(17)16-11-2-1-3-12(16)5-4-11/h1-2,6-8,11-12H,3-5H2. The number of hydrogen-bond donors (Lipinski definition) is 0. The second-order valence-corrected chi connectivity index (χ2v) is 5.48. The highest BCUT2D eigenvalue weighted by Crippen LogP contribution is 2.32. The second kappa shape index (κ2) is 4.26. The third-order valence-corrected chi connectivity index (χ3v) is 3.93. The van der Waals surface area contributed by atoms with Crippen molar-refractivity contribution in [1.29, 1.82) is 0 Å². The molecule has 2 atom stereocenters. The van der Waals surface area contributed by atoms with Gasteiger partial charge >= 0.3 is 0 Å². The van der Waals surface area contributed by atoms with Crippen molar-refractivity contribution in [2.75, 3.05) is 0 Å². The lowest BCUT2D eigenvalue weighted by molar-refractivity contribution is 0.0688. The molecule has 1 amide bonds. The lowest BCUT2D eigenvalue weighted by atomic mass is 10.1. The molecule has 0 spiro atoms. The third-order valence-electron chi connectivity index (χ3n) is 3.50. The Kier molecular flexibility index (Phi) is 2.74. The van der Waals surface area contributed by atoms with Crippen LogP contribution in [-0.4, -0.2) is 27.9 Å². The minimum absolute atomic E-state index is 0.107. The molecule has 0 aromatic carbocycles. The van der Waals surface area contributed by atoms with Gasteiger partial charge in [-0.3, -0.25) is 9.78 Å². The van der Waals surface area contributed by atoms with Gasteiger partial charge in [-0.2, -0.15) is 0 Å². The van der Waals surface area contributed by atoms with Crippen LogP contribution in [0.5, 0.6) is 0 Å². The van der Waals surface area contributed by atoms with Gasteiger partial charge in [-0.25, -0.2) is 0 Å². The first-order valence-corrected chi connectivity index (χ1v) is 6.65. The van der Waals surface area contributed by atoms with E-state index in [2.05, 4.69) is 33.1 Å². The molecule has 3 rings (SSSR count). The summed E-state index contributed by atoms with van der Waals surface area (Å²) in [5, 5.41) is 0. The molecule has 1 aromatic heterocycles. The molecule has 2 aliphatic heterocycles. The maximum absolute atomic E-state index is 12.4. The van der Waals surface area contributed by atoms with E-state index in [0.717, 1.165) is 23.7 Å². The fraction of sp³-hybridized carbons (Fsp3) is 0.385. The van der Waals surface area contributed by atoms with Gasteiger partial charge < -0.3 is 4.90 Å². The number of aromatic nitrogens is 1. The third kappa shape index (κ3) is 1.90. The minimum Gasteiger partial charge on any atom is -0.329 e. The van der Waals surface area contributed by atoms with Gasteiger partial charge in [0.05, 0.1) is 11.6 Å². The average molecular weight is 293 g/mol. The summed E-state index contributed by atoms with van der Waals surface area (Å²) in [6.07, 6.45) is 10.9. The van der Waals surface area contributed by atoms with Gasteiger partial charge in [0.25, 0.3) is 5.91 Å². The lowest BCUT2D eigenvalue weighted by Crippen LogP contribution is -2.42. The quantitative estimate of drug-likeness (QED) is 0.746. The number of pyridine rings is 1. The molecule has 2 aliphatic rings. The molecule has 3 heterocycles. The van der Waals surface area contributed by atoms with Crippen LogP contribution in [0.2, 0.25) is 0 Å². The Balaban J connectivity index is 1.90. The predicted octanol–water partition coefficient (Wildman–Crippen LogP) is 2.78. The highest BCUT2D eigenvalue weighted by molar-refractivity contribution is 9.10. The van der Waals surface area contributed by atoms with Crippen molar-refractivity contribution in [3.05, 3.63) is 40.6 Å². The second-order valence-electron chi connectivity index (χ2n) is 4.57. The molecule has 0 radical (unpaired) electrons. The Hall–Kier alpha value is -1.16. The van der Waals surface area contributed by atoms with E-state index >= 15 is 0 Å². The molecule has 0 saturated carbocycles. The van der Waals surface area contributed by atoms with Crippen molar-refractivity contribution in [2.24, 2.45) is 0 Å². The minimum atomic E-state index is 0.107. The van der Waals surface area contributed by atoms with Crippen LogP contribution in [0.3, 0.4) is 0 Å². The van der Waals surface area contributed by atoms with E-state index in [4.69, 9.17) is 0 Å². The van der Waals surface area contributed by atoms with Crippen molar-refractivity contribution < 1.29 is 4.79 Å². The summed E-state index contributed by atoms with van der Waals surface area (Å²) >= 11 is 3.35. The van der Waals surface area contributed by atoms with Gasteiger partial charge in [-0.1, -0.05) is 12.2 Å². The van der Waals surface area contributed by atoms with Crippen molar-refractivity contribution in [3.63, 3.8) is 0 Å². The van der Waals surface area contributed by atoms with E-state index < -0.39 is 0 Å². The maximum Gasteiger partial charge on any atom is 0.256 e. The smallest absolute Gasteiger partial charge is 0.256 e. The number of halogens is 1. The van der Waals surface area contributed by atoms with Crippen LogP contribution in [0.15, 0.2) is 35.1 Å². The zero-order valence-electron chi connectivity index (χ0n) is 9.34. The van der Waals surface area contributed by atoms with Gasteiger partial charge in [0, 0.05) is 22.9 Å². The van der Waals surface area contributed by atoms with Crippen LogP contribution in [0.25, 0.3) is 0 Å². The zero-order chi connectivity index (χ0) is 11.8. The molecule has 1 aromatic rings. The lowest BCUT2D eigenvalue weighted by Gasteiger charge is -2.31. The summed E-state index contributed by atoms with van der Waals surface area (Å²) in [5.41, 5.74) is 0.673. The first kappa shape index (κ1) is 11.0. The molecule has 3 nitrogen and oxygen atoms in total. The van der Waals surface area contributed by atoms with Gasteiger partial charge in [0.1, 0.15) is 0 Å². The van der Waals surface area contributed by atoms with Crippen molar-refractivity contribution >= 4 is 21.8 Å². The van der Waals surface area contributed by atoms with Crippen LogP contribution in [0, 0.1) is 0 Å². The molecule has 1 fully saturated rings. The molecular formula is C13H13BrN2O. The first-order chi connectivity index (χ1) is 8.25.